The fourth-order valence-electron chi connectivity index (χ4n) is 4.40. The van der Waals surface area contributed by atoms with Crippen LogP contribution >= 0.6 is 11.3 Å². The molecule has 0 spiro atoms. The van der Waals surface area contributed by atoms with E-state index in [1.807, 2.05) is 46.7 Å². The molecule has 7 nitrogen and oxygen atoms in total. The van der Waals surface area contributed by atoms with Crippen LogP contribution in [0.1, 0.15) is 56.9 Å². The first-order valence-corrected chi connectivity index (χ1v) is 12.3. The van der Waals surface area contributed by atoms with Gasteiger partial charge in [0.2, 0.25) is 11.8 Å². The lowest BCUT2D eigenvalue weighted by Gasteiger charge is -2.35. The van der Waals surface area contributed by atoms with E-state index in [0.29, 0.717) is 12.5 Å². The van der Waals surface area contributed by atoms with Gasteiger partial charge in [-0.3, -0.25) is 9.59 Å². The number of amides is 2. The van der Waals surface area contributed by atoms with Crippen molar-refractivity contribution in [3.05, 3.63) is 46.7 Å². The van der Waals surface area contributed by atoms with Crippen molar-refractivity contribution in [3.8, 4) is 0 Å². The Kier molecular flexibility index (Phi) is 7.19. The van der Waals surface area contributed by atoms with Crippen LogP contribution in [0.5, 0.6) is 0 Å². The Hall–Kier alpha value is -2.74. The van der Waals surface area contributed by atoms with Gasteiger partial charge in [0.1, 0.15) is 18.1 Å². The monoisotopic (exact) mass is 453 g/mol. The number of carbonyl (C=O) groups excluding carboxylic acids is 2. The molecular weight excluding hydrogens is 422 g/mol. The average molecular weight is 454 g/mol. The molecule has 1 fully saturated rings. The van der Waals surface area contributed by atoms with Crippen molar-refractivity contribution in [1.29, 1.82) is 0 Å². The molecule has 0 bridgehead atoms. The lowest BCUT2D eigenvalue weighted by Crippen LogP contribution is -2.49. The lowest BCUT2D eigenvalue weighted by atomic mass is 10.1. The van der Waals surface area contributed by atoms with Gasteiger partial charge in [-0.1, -0.05) is 50.1 Å². The first-order chi connectivity index (χ1) is 15.5. The van der Waals surface area contributed by atoms with Crippen molar-refractivity contribution in [2.24, 2.45) is 5.92 Å². The normalized spacial score (nSPS) is 15.3. The van der Waals surface area contributed by atoms with Gasteiger partial charge >= 0.3 is 0 Å². The molecule has 1 aliphatic rings. The van der Waals surface area contributed by atoms with E-state index in [4.69, 9.17) is 0 Å². The van der Waals surface area contributed by atoms with E-state index in [-0.39, 0.29) is 24.4 Å². The summed E-state index contributed by atoms with van der Waals surface area (Å²) in [5, 5.41) is 13.4. The number of nitrogens with zero attached hydrogens (tertiary/aromatic N) is 4. The van der Waals surface area contributed by atoms with Crippen molar-refractivity contribution in [3.63, 3.8) is 0 Å². The summed E-state index contributed by atoms with van der Waals surface area (Å²) in [7, 11) is 0. The highest BCUT2D eigenvalue weighted by atomic mass is 32.1. The maximum Gasteiger partial charge on any atom is 0.248 e. The van der Waals surface area contributed by atoms with Gasteiger partial charge < -0.3 is 10.2 Å². The van der Waals surface area contributed by atoms with Crippen LogP contribution in [0.25, 0.3) is 11.0 Å². The predicted molar refractivity (Wildman–Crippen MR) is 126 cm³/mol. The van der Waals surface area contributed by atoms with Crippen molar-refractivity contribution < 1.29 is 9.59 Å². The maximum absolute atomic E-state index is 13.7. The highest BCUT2D eigenvalue weighted by Gasteiger charge is 2.38. The SMILES string of the molecule is CC(C)CCNC(=O)[C@@H](c1cccs1)N(C(=O)Cn1nnc2ccccc21)C1CCCC1. The Morgan fingerprint density at radius 2 is 1.97 bits per heavy atom. The summed E-state index contributed by atoms with van der Waals surface area (Å²) >= 11 is 1.52. The molecule has 4 rings (SSSR count). The van der Waals surface area contributed by atoms with Crippen LogP contribution in [0, 0.1) is 5.92 Å². The van der Waals surface area contributed by atoms with Crippen LogP contribution in [-0.2, 0) is 16.1 Å². The fraction of sp³-hybridized carbons (Fsp3) is 0.500. The lowest BCUT2D eigenvalue weighted by molar-refractivity contribution is -0.144. The highest BCUT2D eigenvalue weighted by molar-refractivity contribution is 7.10. The summed E-state index contributed by atoms with van der Waals surface area (Å²) in [4.78, 5) is 29.9. The minimum Gasteiger partial charge on any atom is -0.354 e. The van der Waals surface area contributed by atoms with Gasteiger partial charge in [-0.25, -0.2) is 4.68 Å². The van der Waals surface area contributed by atoms with Crippen LogP contribution in [-0.4, -0.2) is 44.3 Å². The molecule has 8 heteroatoms. The van der Waals surface area contributed by atoms with Crippen LogP contribution in [0.3, 0.4) is 0 Å². The van der Waals surface area contributed by atoms with E-state index >= 15 is 0 Å². The van der Waals surface area contributed by atoms with E-state index in [2.05, 4.69) is 29.5 Å². The number of benzene rings is 1. The summed E-state index contributed by atoms with van der Waals surface area (Å²) in [6, 6.07) is 11.0. The number of fused-ring (bicyclic) bond motifs is 1. The van der Waals surface area contributed by atoms with E-state index in [1.54, 1.807) is 4.68 Å². The van der Waals surface area contributed by atoms with Crippen molar-refractivity contribution in [1.82, 2.24) is 25.2 Å². The molecule has 1 N–H and O–H groups in total. The number of hydrogen-bond donors (Lipinski definition) is 1. The van der Waals surface area contributed by atoms with Crippen LogP contribution in [0.4, 0.5) is 0 Å². The third-order valence-electron chi connectivity index (χ3n) is 6.07. The van der Waals surface area contributed by atoms with Crippen molar-refractivity contribution in [2.75, 3.05) is 6.54 Å². The topological polar surface area (TPSA) is 80.1 Å². The molecule has 2 heterocycles. The molecule has 1 atom stereocenters. The number of para-hydroxylation sites is 1. The van der Waals surface area contributed by atoms with Gasteiger partial charge in [-0.15, -0.1) is 16.4 Å². The van der Waals surface area contributed by atoms with Crippen molar-refractivity contribution >= 4 is 34.2 Å². The Balaban J connectivity index is 1.63. The number of thiophene rings is 1. The number of carbonyl (C=O) groups is 2. The third kappa shape index (κ3) is 5.01. The molecule has 0 aliphatic heterocycles. The van der Waals surface area contributed by atoms with Crippen LogP contribution in [0.2, 0.25) is 0 Å². The minimum absolute atomic E-state index is 0.0558. The second-order valence-electron chi connectivity index (χ2n) is 8.87. The van der Waals surface area contributed by atoms with Gasteiger partial charge in [0.15, 0.2) is 0 Å². The number of hydrogen-bond acceptors (Lipinski definition) is 5. The van der Waals surface area contributed by atoms with Gasteiger partial charge in [0, 0.05) is 17.5 Å². The molecule has 1 saturated carbocycles. The largest absolute Gasteiger partial charge is 0.354 e. The smallest absolute Gasteiger partial charge is 0.248 e. The molecule has 1 aliphatic carbocycles. The zero-order valence-corrected chi connectivity index (χ0v) is 19.6. The molecule has 32 heavy (non-hydrogen) atoms. The first-order valence-electron chi connectivity index (χ1n) is 11.4. The maximum atomic E-state index is 13.7. The molecule has 0 saturated heterocycles. The summed E-state index contributed by atoms with van der Waals surface area (Å²) < 4.78 is 1.64. The van der Waals surface area contributed by atoms with Gasteiger partial charge in [0.25, 0.3) is 0 Å². The summed E-state index contributed by atoms with van der Waals surface area (Å²) in [5.74, 6) is 0.311. The predicted octanol–water partition coefficient (Wildman–Crippen LogP) is 4.17. The van der Waals surface area contributed by atoms with E-state index in [9.17, 15) is 9.59 Å². The molecule has 0 unspecified atom stereocenters. The molecule has 170 valence electrons. The third-order valence-corrected chi connectivity index (χ3v) is 7.00. The standard InChI is InChI=1S/C24H31N5O2S/c1-17(2)13-14-25-24(31)23(21-12-7-15-32-21)29(18-8-3-4-9-18)22(30)16-28-20-11-6-5-10-19(20)26-27-28/h5-7,10-12,15,17-18,23H,3-4,8-9,13-14,16H2,1-2H3,(H,25,31)/t23-/m1/s1. The minimum atomic E-state index is -0.618. The second-order valence-corrected chi connectivity index (χ2v) is 9.85. The Bertz CT molecular complexity index is 1040. The van der Waals surface area contributed by atoms with E-state index in [1.165, 1.54) is 11.3 Å². The van der Waals surface area contributed by atoms with Crippen LogP contribution in [0.15, 0.2) is 41.8 Å². The highest BCUT2D eigenvalue weighted by Crippen LogP contribution is 2.34. The van der Waals surface area contributed by atoms with Crippen molar-refractivity contribution in [2.45, 2.75) is 64.6 Å². The number of nitrogens with one attached hydrogen (secondary N) is 1. The fourth-order valence-corrected chi connectivity index (χ4v) is 5.23. The second kappa shape index (κ2) is 10.3. The Morgan fingerprint density at radius 3 is 2.69 bits per heavy atom. The van der Waals surface area contributed by atoms with E-state index < -0.39 is 6.04 Å². The Labute approximate surface area is 192 Å². The summed E-state index contributed by atoms with van der Waals surface area (Å²) in [5.41, 5.74) is 1.58. The van der Waals surface area contributed by atoms with Gasteiger partial charge in [0.05, 0.1) is 5.52 Å². The number of aromatic nitrogens is 3. The van der Waals surface area contributed by atoms with Gasteiger partial charge in [-0.05, 0) is 48.8 Å². The summed E-state index contributed by atoms with van der Waals surface area (Å²) in [6.07, 6.45) is 4.90. The average Bonchev–Trinajstić information content (AvgIpc) is 3.54. The molecule has 0 radical (unpaired) electrons. The molecule has 2 aromatic heterocycles. The Morgan fingerprint density at radius 1 is 1.19 bits per heavy atom. The molecule has 1 aromatic carbocycles. The van der Waals surface area contributed by atoms with Gasteiger partial charge in [-0.2, -0.15) is 0 Å². The molecule has 3 aromatic rings. The zero-order chi connectivity index (χ0) is 22.5. The first kappa shape index (κ1) is 22.5. The molecule has 2 amide bonds. The summed E-state index contributed by atoms with van der Waals surface area (Å²) in [6.45, 7) is 4.95. The molecular formula is C24H31N5O2S. The van der Waals surface area contributed by atoms with Crippen LogP contribution < -0.4 is 5.32 Å². The number of rotatable bonds is 9. The quantitative estimate of drug-likeness (QED) is 0.527. The zero-order valence-electron chi connectivity index (χ0n) is 18.7. The van der Waals surface area contributed by atoms with E-state index in [0.717, 1.165) is 48.0 Å².